The first-order valence-corrected chi connectivity index (χ1v) is 9.16. The number of ether oxygens (including phenoxy) is 1. The molecule has 0 aliphatic heterocycles. The van der Waals surface area contributed by atoms with Gasteiger partial charge in [0.2, 0.25) is 0 Å². The maximum atomic E-state index is 11.0. The van der Waals surface area contributed by atoms with Crippen molar-refractivity contribution in [2.75, 3.05) is 7.11 Å². The van der Waals surface area contributed by atoms with Gasteiger partial charge in [0.25, 0.3) is 0 Å². The zero-order valence-corrected chi connectivity index (χ0v) is 15.4. The van der Waals surface area contributed by atoms with Crippen LogP contribution in [-0.4, -0.2) is 12.2 Å². The zero-order valence-electron chi connectivity index (χ0n) is 15.4. The van der Waals surface area contributed by atoms with Crippen molar-refractivity contribution in [3.05, 3.63) is 89.5 Å². The van der Waals surface area contributed by atoms with E-state index < -0.39 is 6.10 Å². The van der Waals surface area contributed by atoms with E-state index in [1.54, 1.807) is 7.11 Å². The van der Waals surface area contributed by atoms with E-state index >= 15 is 0 Å². The molecule has 0 saturated carbocycles. The fourth-order valence-electron chi connectivity index (χ4n) is 4.23. The molecule has 5 rings (SSSR count). The first-order valence-electron chi connectivity index (χ1n) is 9.16. The van der Waals surface area contributed by atoms with E-state index in [2.05, 4.69) is 49.4 Å². The van der Waals surface area contributed by atoms with E-state index in [-0.39, 0.29) is 0 Å². The fourth-order valence-corrected chi connectivity index (χ4v) is 4.23. The zero-order chi connectivity index (χ0) is 18.5. The summed E-state index contributed by atoms with van der Waals surface area (Å²) in [6.45, 7) is 2.12. The van der Waals surface area contributed by atoms with Crippen LogP contribution in [0.25, 0.3) is 33.0 Å². The summed E-state index contributed by atoms with van der Waals surface area (Å²) in [6, 6.07) is 25.0. The maximum absolute atomic E-state index is 11.0. The second-order valence-electron chi connectivity index (χ2n) is 7.16. The highest BCUT2D eigenvalue weighted by Gasteiger charge is 2.30. The number of aliphatic hydroxyl groups excluding tert-OH is 1. The molecule has 4 aromatic carbocycles. The lowest BCUT2D eigenvalue weighted by Gasteiger charge is -2.16. The van der Waals surface area contributed by atoms with Gasteiger partial charge in [0, 0.05) is 0 Å². The number of hydrogen-bond donors (Lipinski definition) is 1. The average Bonchev–Trinajstić information content (AvgIpc) is 2.99. The Kier molecular flexibility index (Phi) is 3.56. The number of fused-ring (bicyclic) bond motifs is 4. The molecule has 2 heteroatoms. The predicted molar refractivity (Wildman–Crippen MR) is 110 cm³/mol. The van der Waals surface area contributed by atoms with Gasteiger partial charge < -0.3 is 9.84 Å². The van der Waals surface area contributed by atoms with E-state index in [4.69, 9.17) is 4.74 Å². The topological polar surface area (TPSA) is 29.5 Å². The van der Waals surface area contributed by atoms with E-state index in [0.717, 1.165) is 39.0 Å². The van der Waals surface area contributed by atoms with Crippen molar-refractivity contribution >= 4 is 10.8 Å². The summed E-state index contributed by atoms with van der Waals surface area (Å²) >= 11 is 0. The van der Waals surface area contributed by atoms with Gasteiger partial charge in [0.15, 0.2) is 0 Å². The number of rotatable bonds is 2. The molecular weight excluding hydrogens is 332 g/mol. The van der Waals surface area contributed by atoms with E-state index in [1.165, 1.54) is 16.5 Å². The van der Waals surface area contributed by atoms with Crippen molar-refractivity contribution in [1.29, 1.82) is 0 Å². The Morgan fingerprint density at radius 2 is 1.59 bits per heavy atom. The first kappa shape index (κ1) is 16.1. The lowest BCUT2D eigenvalue weighted by molar-refractivity contribution is 0.225. The molecule has 2 nitrogen and oxygen atoms in total. The molecule has 0 heterocycles. The summed E-state index contributed by atoms with van der Waals surface area (Å²) in [5, 5.41) is 13.3. The summed E-state index contributed by atoms with van der Waals surface area (Å²) in [5.41, 5.74) is 7.76. The quantitative estimate of drug-likeness (QED) is 0.488. The van der Waals surface area contributed by atoms with Crippen LogP contribution in [0.4, 0.5) is 0 Å². The highest BCUT2D eigenvalue weighted by atomic mass is 16.5. The molecule has 1 aliphatic carbocycles. The molecule has 0 spiro atoms. The van der Waals surface area contributed by atoms with Gasteiger partial charge >= 0.3 is 0 Å². The minimum atomic E-state index is -0.584. The van der Waals surface area contributed by atoms with Gasteiger partial charge in [-0.15, -0.1) is 0 Å². The second kappa shape index (κ2) is 5.97. The van der Waals surface area contributed by atoms with E-state index in [1.807, 2.05) is 30.3 Å². The van der Waals surface area contributed by atoms with Gasteiger partial charge in [-0.25, -0.2) is 0 Å². The van der Waals surface area contributed by atoms with Crippen LogP contribution in [0.1, 0.15) is 22.8 Å². The molecule has 0 fully saturated rings. The minimum Gasteiger partial charge on any atom is -0.497 e. The van der Waals surface area contributed by atoms with Crippen LogP contribution in [0.2, 0.25) is 0 Å². The Morgan fingerprint density at radius 3 is 2.37 bits per heavy atom. The Labute approximate surface area is 158 Å². The third kappa shape index (κ3) is 2.37. The molecule has 1 atom stereocenters. The standard InChI is InChI=1S/C25H20O2/c1-15-7-8-17-14-22-24(19-5-3-4-6-20(19)25(22)26)23(21(17)13-15)16-9-11-18(27-2)12-10-16/h3-14,25-26H,1-2H3. The van der Waals surface area contributed by atoms with Crippen molar-refractivity contribution in [1.82, 2.24) is 0 Å². The van der Waals surface area contributed by atoms with Crippen molar-refractivity contribution in [2.45, 2.75) is 13.0 Å². The van der Waals surface area contributed by atoms with Gasteiger partial charge in [-0.05, 0) is 69.3 Å². The number of benzene rings is 4. The molecule has 0 aromatic heterocycles. The van der Waals surface area contributed by atoms with Gasteiger partial charge in [0.1, 0.15) is 11.9 Å². The van der Waals surface area contributed by atoms with Crippen LogP contribution in [0.3, 0.4) is 0 Å². The SMILES string of the molecule is COc1ccc(-c2c3c(cc4ccc(C)cc24)C(O)c2ccccc2-3)cc1. The lowest BCUT2D eigenvalue weighted by atomic mass is 9.88. The van der Waals surface area contributed by atoms with Gasteiger partial charge in [0.05, 0.1) is 7.11 Å². The summed E-state index contributed by atoms with van der Waals surface area (Å²) in [4.78, 5) is 0. The van der Waals surface area contributed by atoms with E-state index in [9.17, 15) is 5.11 Å². The monoisotopic (exact) mass is 352 g/mol. The third-order valence-corrected chi connectivity index (χ3v) is 5.53. The molecule has 0 saturated heterocycles. The largest absolute Gasteiger partial charge is 0.497 e. The van der Waals surface area contributed by atoms with Gasteiger partial charge in [-0.1, -0.05) is 60.2 Å². The van der Waals surface area contributed by atoms with Gasteiger partial charge in [-0.2, -0.15) is 0 Å². The fraction of sp³-hybridized carbons (Fsp3) is 0.120. The molecule has 1 aliphatic rings. The average molecular weight is 352 g/mol. The highest BCUT2D eigenvalue weighted by molar-refractivity contribution is 6.07. The van der Waals surface area contributed by atoms with Crippen LogP contribution < -0.4 is 4.74 Å². The maximum Gasteiger partial charge on any atom is 0.118 e. The Bertz CT molecular complexity index is 1170. The Balaban J connectivity index is 1.91. The lowest BCUT2D eigenvalue weighted by Crippen LogP contribution is -1.95. The number of aryl methyl sites for hydroxylation is 1. The molecule has 0 radical (unpaired) electrons. The van der Waals surface area contributed by atoms with Crippen LogP contribution in [0, 0.1) is 6.92 Å². The summed E-state index contributed by atoms with van der Waals surface area (Å²) in [5.74, 6) is 0.840. The van der Waals surface area contributed by atoms with Gasteiger partial charge in [-0.3, -0.25) is 0 Å². The van der Waals surface area contributed by atoms with Crippen LogP contribution in [-0.2, 0) is 0 Å². The van der Waals surface area contributed by atoms with Crippen LogP contribution in [0.15, 0.2) is 72.8 Å². The van der Waals surface area contributed by atoms with Crippen LogP contribution >= 0.6 is 0 Å². The number of aliphatic hydroxyl groups is 1. The summed E-state index contributed by atoms with van der Waals surface area (Å²) in [7, 11) is 1.68. The second-order valence-corrected chi connectivity index (χ2v) is 7.16. The smallest absolute Gasteiger partial charge is 0.118 e. The van der Waals surface area contributed by atoms with Crippen molar-refractivity contribution < 1.29 is 9.84 Å². The molecule has 0 bridgehead atoms. The predicted octanol–water partition coefficient (Wildman–Crippen LogP) is 5.89. The Morgan fingerprint density at radius 1 is 0.815 bits per heavy atom. The molecular formula is C25H20O2. The third-order valence-electron chi connectivity index (χ3n) is 5.53. The van der Waals surface area contributed by atoms with Crippen molar-refractivity contribution in [3.8, 4) is 28.0 Å². The van der Waals surface area contributed by atoms with Crippen molar-refractivity contribution in [2.24, 2.45) is 0 Å². The van der Waals surface area contributed by atoms with Crippen LogP contribution in [0.5, 0.6) is 5.75 Å². The summed E-state index contributed by atoms with van der Waals surface area (Å²) in [6.07, 6.45) is -0.584. The molecule has 132 valence electrons. The van der Waals surface area contributed by atoms with E-state index in [0.29, 0.717) is 0 Å². The molecule has 1 N–H and O–H groups in total. The minimum absolute atomic E-state index is 0.584. The number of methoxy groups -OCH3 is 1. The first-order chi connectivity index (χ1) is 13.2. The number of hydrogen-bond acceptors (Lipinski definition) is 2. The Hall–Kier alpha value is -3.10. The molecule has 4 aromatic rings. The van der Waals surface area contributed by atoms with Crippen molar-refractivity contribution in [3.63, 3.8) is 0 Å². The normalized spacial score (nSPS) is 14.9. The molecule has 27 heavy (non-hydrogen) atoms. The highest BCUT2D eigenvalue weighted by Crippen LogP contribution is 2.50. The molecule has 1 unspecified atom stereocenters. The molecule has 0 amide bonds. The summed E-state index contributed by atoms with van der Waals surface area (Å²) < 4.78 is 5.34.